The summed E-state index contributed by atoms with van der Waals surface area (Å²) >= 11 is 0. The number of hydrogen-bond acceptors (Lipinski definition) is 3. The minimum Gasteiger partial charge on any atom is -0.378 e. The van der Waals surface area contributed by atoms with Gasteiger partial charge in [0, 0.05) is 31.9 Å². The van der Waals surface area contributed by atoms with Crippen molar-refractivity contribution >= 4 is 5.69 Å². The number of nitrogens with zero attached hydrogens (tertiary/aromatic N) is 2. The van der Waals surface area contributed by atoms with E-state index in [0.29, 0.717) is 31.9 Å². The summed E-state index contributed by atoms with van der Waals surface area (Å²) in [4.78, 5) is 4.02. The minimum atomic E-state index is -4.32. The quantitative estimate of drug-likeness (QED) is 0.365. The largest absolute Gasteiger partial charge is 0.416 e. The van der Waals surface area contributed by atoms with Gasteiger partial charge < -0.3 is 10.0 Å². The standard InChI is InChI=1S/C24H39F3N2O/c1-2-3-4-5-6-7-8-9-10-11-15-23(30)29-18-16-28(17-19-29)22-14-12-13-21(20-22)24(25,26)27/h12-14,20,23,30H,2-11,15-19H2,1H3. The first-order valence-electron chi connectivity index (χ1n) is 11.8. The van der Waals surface area contributed by atoms with Crippen molar-refractivity contribution in [3.05, 3.63) is 29.8 Å². The molecule has 3 nitrogen and oxygen atoms in total. The number of aliphatic hydroxyl groups excluding tert-OH is 1. The molecular formula is C24H39F3N2O. The molecule has 0 amide bonds. The van der Waals surface area contributed by atoms with Crippen molar-refractivity contribution in [1.29, 1.82) is 0 Å². The van der Waals surface area contributed by atoms with Crippen LogP contribution in [0, 0.1) is 0 Å². The van der Waals surface area contributed by atoms with Crippen LogP contribution in [0.1, 0.15) is 83.1 Å². The Kier molecular flexibility index (Phi) is 11.0. The zero-order chi connectivity index (χ0) is 21.8. The fourth-order valence-electron chi connectivity index (χ4n) is 4.15. The lowest BCUT2D eigenvalue weighted by molar-refractivity contribution is -0.137. The van der Waals surface area contributed by atoms with E-state index in [1.165, 1.54) is 63.5 Å². The van der Waals surface area contributed by atoms with E-state index in [1.807, 2.05) is 4.90 Å². The molecule has 1 N–H and O–H groups in total. The van der Waals surface area contributed by atoms with E-state index in [0.717, 1.165) is 25.3 Å². The average molecular weight is 429 g/mol. The molecule has 1 atom stereocenters. The molecule has 0 aromatic heterocycles. The summed E-state index contributed by atoms with van der Waals surface area (Å²) in [6.07, 6.45) is 8.79. The lowest BCUT2D eigenvalue weighted by atomic mass is 10.1. The summed E-state index contributed by atoms with van der Waals surface area (Å²) in [5, 5.41) is 10.5. The Hall–Kier alpha value is -1.27. The van der Waals surface area contributed by atoms with Crippen molar-refractivity contribution in [3.8, 4) is 0 Å². The smallest absolute Gasteiger partial charge is 0.378 e. The molecule has 2 rings (SSSR count). The minimum absolute atomic E-state index is 0.442. The van der Waals surface area contributed by atoms with Crippen molar-refractivity contribution in [1.82, 2.24) is 4.90 Å². The van der Waals surface area contributed by atoms with Gasteiger partial charge in [-0.15, -0.1) is 0 Å². The van der Waals surface area contributed by atoms with Gasteiger partial charge in [0.1, 0.15) is 6.23 Å². The first kappa shape index (κ1) is 25.0. The number of unbranched alkanes of at least 4 members (excludes halogenated alkanes) is 9. The van der Waals surface area contributed by atoms with E-state index in [2.05, 4.69) is 11.8 Å². The Labute approximate surface area is 180 Å². The SMILES string of the molecule is CCCCCCCCCCCCC(O)N1CCN(c2cccc(C(F)(F)F)c2)CC1. The van der Waals surface area contributed by atoms with Crippen LogP contribution in [0.3, 0.4) is 0 Å². The van der Waals surface area contributed by atoms with Crippen molar-refractivity contribution in [2.75, 3.05) is 31.1 Å². The number of hydrogen-bond donors (Lipinski definition) is 1. The van der Waals surface area contributed by atoms with E-state index in [1.54, 1.807) is 6.07 Å². The van der Waals surface area contributed by atoms with Crippen LogP contribution >= 0.6 is 0 Å². The van der Waals surface area contributed by atoms with E-state index >= 15 is 0 Å². The number of aliphatic hydroxyl groups is 1. The zero-order valence-electron chi connectivity index (χ0n) is 18.5. The fourth-order valence-corrected chi connectivity index (χ4v) is 4.15. The van der Waals surface area contributed by atoms with Crippen LogP contribution in [0.15, 0.2) is 24.3 Å². The number of halogens is 3. The first-order chi connectivity index (χ1) is 14.4. The highest BCUT2D eigenvalue weighted by atomic mass is 19.4. The van der Waals surface area contributed by atoms with Crippen molar-refractivity contribution < 1.29 is 18.3 Å². The van der Waals surface area contributed by atoms with Gasteiger partial charge in [-0.3, -0.25) is 4.90 Å². The number of alkyl halides is 3. The Bertz CT molecular complexity index is 586. The molecule has 172 valence electrons. The summed E-state index contributed by atoms with van der Waals surface area (Å²) in [7, 11) is 0. The predicted molar refractivity (Wildman–Crippen MR) is 118 cm³/mol. The van der Waals surface area contributed by atoms with Crippen LogP contribution in [0.2, 0.25) is 0 Å². The zero-order valence-corrected chi connectivity index (χ0v) is 18.5. The molecule has 0 spiro atoms. The molecule has 1 heterocycles. The normalized spacial score (nSPS) is 16.8. The lowest BCUT2D eigenvalue weighted by Gasteiger charge is -2.38. The fraction of sp³-hybridized carbons (Fsp3) is 0.750. The summed E-state index contributed by atoms with van der Waals surface area (Å²) in [6.45, 7) is 4.86. The Morgan fingerprint density at radius 3 is 2.00 bits per heavy atom. The van der Waals surface area contributed by atoms with Gasteiger partial charge in [-0.1, -0.05) is 70.8 Å². The number of benzene rings is 1. The van der Waals surface area contributed by atoms with E-state index < -0.39 is 18.0 Å². The van der Waals surface area contributed by atoms with Crippen molar-refractivity contribution in [3.63, 3.8) is 0 Å². The molecule has 0 bridgehead atoms. The van der Waals surface area contributed by atoms with E-state index in [4.69, 9.17) is 0 Å². The van der Waals surface area contributed by atoms with E-state index in [9.17, 15) is 18.3 Å². The topological polar surface area (TPSA) is 26.7 Å². The van der Waals surface area contributed by atoms with Gasteiger partial charge in [0.25, 0.3) is 0 Å². The van der Waals surface area contributed by atoms with Crippen LogP contribution in [0.25, 0.3) is 0 Å². The maximum absolute atomic E-state index is 12.9. The highest BCUT2D eigenvalue weighted by Crippen LogP contribution is 2.32. The molecule has 1 fully saturated rings. The molecule has 30 heavy (non-hydrogen) atoms. The molecule has 1 aromatic rings. The first-order valence-corrected chi connectivity index (χ1v) is 11.8. The highest BCUT2D eigenvalue weighted by Gasteiger charge is 2.31. The molecule has 1 aromatic carbocycles. The maximum atomic E-state index is 12.9. The summed E-state index contributed by atoms with van der Waals surface area (Å²) in [5.74, 6) is 0. The van der Waals surface area contributed by atoms with Gasteiger partial charge >= 0.3 is 6.18 Å². The maximum Gasteiger partial charge on any atom is 0.416 e. The van der Waals surface area contributed by atoms with Crippen molar-refractivity contribution in [2.45, 2.75) is 90.0 Å². The molecule has 0 saturated carbocycles. The van der Waals surface area contributed by atoms with E-state index in [-0.39, 0.29) is 0 Å². The Balaban J connectivity index is 1.59. The summed E-state index contributed by atoms with van der Waals surface area (Å²) in [6, 6.07) is 5.52. The average Bonchev–Trinajstić information content (AvgIpc) is 2.74. The summed E-state index contributed by atoms with van der Waals surface area (Å²) in [5.41, 5.74) is -0.00270. The molecule has 1 unspecified atom stereocenters. The number of rotatable bonds is 13. The summed E-state index contributed by atoms with van der Waals surface area (Å²) < 4.78 is 38.8. The van der Waals surface area contributed by atoms with Gasteiger partial charge in [0.15, 0.2) is 0 Å². The van der Waals surface area contributed by atoms with Crippen LogP contribution in [-0.2, 0) is 6.18 Å². The number of anilines is 1. The molecule has 1 aliphatic heterocycles. The second-order valence-corrected chi connectivity index (χ2v) is 8.52. The third-order valence-electron chi connectivity index (χ3n) is 6.09. The Morgan fingerprint density at radius 1 is 0.867 bits per heavy atom. The highest BCUT2D eigenvalue weighted by molar-refractivity contribution is 5.49. The van der Waals surface area contributed by atoms with Gasteiger partial charge in [0.05, 0.1) is 5.56 Å². The van der Waals surface area contributed by atoms with Crippen molar-refractivity contribution in [2.24, 2.45) is 0 Å². The molecule has 6 heteroatoms. The van der Waals surface area contributed by atoms with Gasteiger partial charge in [-0.05, 0) is 31.0 Å². The lowest BCUT2D eigenvalue weighted by Crippen LogP contribution is -2.50. The predicted octanol–water partition coefficient (Wildman–Crippen LogP) is 6.46. The molecule has 0 radical (unpaired) electrons. The van der Waals surface area contributed by atoms with Gasteiger partial charge in [0.2, 0.25) is 0 Å². The second-order valence-electron chi connectivity index (χ2n) is 8.52. The van der Waals surface area contributed by atoms with Gasteiger partial charge in [-0.2, -0.15) is 13.2 Å². The van der Waals surface area contributed by atoms with Gasteiger partial charge in [-0.25, -0.2) is 0 Å². The van der Waals surface area contributed by atoms with Crippen LogP contribution in [0.4, 0.5) is 18.9 Å². The molecular weight excluding hydrogens is 389 g/mol. The third-order valence-corrected chi connectivity index (χ3v) is 6.09. The second kappa shape index (κ2) is 13.2. The molecule has 1 aliphatic rings. The monoisotopic (exact) mass is 428 g/mol. The number of piperazine rings is 1. The van der Waals surface area contributed by atoms with Crippen LogP contribution < -0.4 is 4.90 Å². The van der Waals surface area contributed by atoms with Crippen LogP contribution in [-0.4, -0.2) is 42.4 Å². The van der Waals surface area contributed by atoms with Crippen LogP contribution in [0.5, 0.6) is 0 Å². The molecule has 0 aliphatic carbocycles. The molecule has 1 saturated heterocycles. The third kappa shape index (κ3) is 8.84. The Morgan fingerprint density at radius 2 is 1.43 bits per heavy atom.